The molecule has 0 saturated carbocycles. The van der Waals surface area contributed by atoms with Gasteiger partial charge in [0.25, 0.3) is 0 Å². The molecule has 0 bridgehead atoms. The molecule has 0 unspecified atom stereocenters. The van der Waals surface area contributed by atoms with Crippen molar-refractivity contribution in [2.24, 2.45) is 0 Å². The third kappa shape index (κ3) is 5.38. The Morgan fingerprint density at radius 1 is 0.529 bits per heavy atom. The van der Waals surface area contributed by atoms with Crippen LogP contribution in [-0.4, -0.2) is 10.2 Å². The molecule has 0 fully saturated rings. The van der Waals surface area contributed by atoms with Gasteiger partial charge in [-0.1, -0.05) is 48.5 Å². The molecule has 0 radical (unpaired) electrons. The summed E-state index contributed by atoms with van der Waals surface area (Å²) in [6.45, 7) is 0.490. The monoisotopic (exact) mass is 476 g/mol. The summed E-state index contributed by atoms with van der Waals surface area (Å²) in [4.78, 5) is 0. The van der Waals surface area contributed by atoms with Gasteiger partial charge in [-0.3, -0.25) is 0 Å². The average Bonchev–Trinajstić information content (AvgIpc) is 2.81. The zero-order valence-electron chi connectivity index (χ0n) is 17.5. The van der Waals surface area contributed by atoms with E-state index in [-0.39, 0.29) is 13.1 Å². The highest BCUT2D eigenvalue weighted by Crippen LogP contribution is 2.31. The Hall–Kier alpha value is -3.82. The molecule has 2 N–H and O–H groups in total. The first-order valence-electron chi connectivity index (χ1n) is 10.2. The van der Waals surface area contributed by atoms with Crippen LogP contribution in [0.15, 0.2) is 72.8 Å². The van der Waals surface area contributed by atoms with Gasteiger partial charge in [-0.15, -0.1) is 10.2 Å². The van der Waals surface area contributed by atoms with Crippen LogP contribution in [0.1, 0.15) is 22.3 Å². The van der Waals surface area contributed by atoms with Crippen molar-refractivity contribution in [3.05, 3.63) is 95.1 Å². The Labute approximate surface area is 190 Å². The van der Waals surface area contributed by atoms with Crippen LogP contribution in [0.5, 0.6) is 0 Å². The van der Waals surface area contributed by atoms with Gasteiger partial charge in [-0.05, 0) is 35.4 Å². The minimum absolute atomic E-state index is 0.245. The fourth-order valence-corrected chi connectivity index (χ4v) is 3.36. The fourth-order valence-electron chi connectivity index (χ4n) is 3.36. The number of nitrogens with one attached hydrogen (secondary N) is 2. The number of hydrogen-bond donors (Lipinski definition) is 2. The predicted octanol–water partition coefficient (Wildman–Crippen LogP) is 6.89. The highest BCUT2D eigenvalue weighted by atomic mass is 19.4. The second kappa shape index (κ2) is 9.20. The zero-order chi connectivity index (χ0) is 24.3. The molecule has 1 aromatic heterocycles. The van der Waals surface area contributed by atoms with E-state index in [0.717, 1.165) is 35.0 Å². The SMILES string of the molecule is FC(F)(F)c1ccc(CNc2nnc(NCc3ccc(C(F)(F)F)cc3)c3ccccc23)cc1. The van der Waals surface area contributed by atoms with Gasteiger partial charge in [0.15, 0.2) is 11.6 Å². The molecule has 0 aliphatic heterocycles. The van der Waals surface area contributed by atoms with Crippen LogP contribution in [0.25, 0.3) is 10.8 Å². The number of fused-ring (bicyclic) bond motifs is 1. The summed E-state index contributed by atoms with van der Waals surface area (Å²) in [7, 11) is 0. The van der Waals surface area contributed by atoms with Crippen molar-refractivity contribution in [1.82, 2.24) is 10.2 Å². The molecule has 4 rings (SSSR count). The van der Waals surface area contributed by atoms with Crippen molar-refractivity contribution in [2.75, 3.05) is 10.6 Å². The normalized spacial score (nSPS) is 12.1. The largest absolute Gasteiger partial charge is 0.416 e. The smallest absolute Gasteiger partial charge is 0.364 e. The summed E-state index contributed by atoms with van der Waals surface area (Å²) in [5.41, 5.74) is -0.151. The first kappa shape index (κ1) is 23.3. The maximum absolute atomic E-state index is 12.7. The van der Waals surface area contributed by atoms with E-state index in [0.29, 0.717) is 22.8 Å². The number of benzene rings is 3. The molecule has 0 saturated heterocycles. The van der Waals surface area contributed by atoms with Gasteiger partial charge in [0.05, 0.1) is 11.1 Å². The number of rotatable bonds is 6. The Kier molecular flexibility index (Phi) is 6.32. The minimum Gasteiger partial charge on any atom is -0.364 e. The Morgan fingerprint density at radius 3 is 1.21 bits per heavy atom. The van der Waals surface area contributed by atoms with Gasteiger partial charge in [0.1, 0.15) is 0 Å². The predicted molar refractivity (Wildman–Crippen MR) is 117 cm³/mol. The van der Waals surface area contributed by atoms with Crippen LogP contribution < -0.4 is 10.6 Å². The molecule has 0 aliphatic rings. The van der Waals surface area contributed by atoms with Crippen LogP contribution in [0.2, 0.25) is 0 Å². The molecule has 176 valence electrons. The Morgan fingerprint density at radius 2 is 0.882 bits per heavy atom. The molecule has 0 amide bonds. The van der Waals surface area contributed by atoms with Crippen LogP contribution in [-0.2, 0) is 25.4 Å². The maximum atomic E-state index is 12.7. The van der Waals surface area contributed by atoms with Gasteiger partial charge in [-0.2, -0.15) is 26.3 Å². The van der Waals surface area contributed by atoms with Gasteiger partial charge in [0.2, 0.25) is 0 Å². The number of hydrogen-bond acceptors (Lipinski definition) is 4. The maximum Gasteiger partial charge on any atom is 0.416 e. The standard InChI is InChI=1S/C24H18F6N4/c25-23(26,27)17-9-5-15(6-10-17)13-31-21-19-3-1-2-4-20(19)22(34-33-21)32-14-16-7-11-18(12-8-16)24(28,29)30/h1-12H,13-14H2,(H,31,33)(H,32,34). The van der Waals surface area contributed by atoms with E-state index in [4.69, 9.17) is 0 Å². The first-order valence-corrected chi connectivity index (χ1v) is 10.2. The van der Waals surface area contributed by atoms with E-state index in [1.165, 1.54) is 24.3 Å². The van der Waals surface area contributed by atoms with E-state index >= 15 is 0 Å². The second-order valence-electron chi connectivity index (χ2n) is 7.54. The van der Waals surface area contributed by atoms with Gasteiger partial charge >= 0.3 is 12.4 Å². The number of aromatic nitrogens is 2. The number of halogens is 6. The quantitative estimate of drug-likeness (QED) is 0.298. The lowest BCUT2D eigenvalue weighted by Crippen LogP contribution is -2.08. The highest BCUT2D eigenvalue weighted by molar-refractivity contribution is 5.98. The Balaban J connectivity index is 1.48. The average molecular weight is 476 g/mol. The van der Waals surface area contributed by atoms with Crippen molar-refractivity contribution in [2.45, 2.75) is 25.4 Å². The van der Waals surface area contributed by atoms with Crippen molar-refractivity contribution in [3.8, 4) is 0 Å². The molecule has 4 nitrogen and oxygen atoms in total. The number of nitrogens with zero attached hydrogens (tertiary/aromatic N) is 2. The molecule has 4 aromatic rings. The van der Waals surface area contributed by atoms with E-state index in [1.807, 2.05) is 24.3 Å². The van der Waals surface area contributed by atoms with Gasteiger partial charge in [-0.25, -0.2) is 0 Å². The summed E-state index contributed by atoms with van der Waals surface area (Å²) < 4.78 is 76.4. The van der Waals surface area contributed by atoms with Crippen LogP contribution in [0, 0.1) is 0 Å². The van der Waals surface area contributed by atoms with Crippen LogP contribution in [0.3, 0.4) is 0 Å². The fraction of sp³-hybridized carbons (Fsp3) is 0.167. The topological polar surface area (TPSA) is 49.8 Å². The van der Waals surface area contributed by atoms with Crippen molar-refractivity contribution in [1.29, 1.82) is 0 Å². The van der Waals surface area contributed by atoms with Crippen molar-refractivity contribution >= 4 is 22.4 Å². The second-order valence-corrected chi connectivity index (χ2v) is 7.54. The summed E-state index contributed by atoms with van der Waals surface area (Å²) in [6.07, 6.45) is -8.78. The first-order chi connectivity index (χ1) is 16.1. The highest BCUT2D eigenvalue weighted by Gasteiger charge is 2.30. The number of alkyl halides is 6. The van der Waals surface area contributed by atoms with E-state index < -0.39 is 23.5 Å². The van der Waals surface area contributed by atoms with E-state index in [9.17, 15) is 26.3 Å². The third-order valence-corrected chi connectivity index (χ3v) is 5.17. The summed E-state index contributed by atoms with van der Waals surface area (Å²) in [5, 5.41) is 16.0. The summed E-state index contributed by atoms with van der Waals surface area (Å²) in [5.74, 6) is 0.908. The zero-order valence-corrected chi connectivity index (χ0v) is 17.5. The van der Waals surface area contributed by atoms with Gasteiger partial charge < -0.3 is 10.6 Å². The van der Waals surface area contributed by atoms with E-state index in [1.54, 1.807) is 0 Å². The minimum atomic E-state index is -4.39. The van der Waals surface area contributed by atoms with E-state index in [2.05, 4.69) is 20.8 Å². The molecular weight excluding hydrogens is 458 g/mol. The molecule has 10 heteroatoms. The molecule has 0 aliphatic carbocycles. The molecular formula is C24H18F6N4. The molecule has 0 atom stereocenters. The molecule has 1 heterocycles. The molecule has 3 aromatic carbocycles. The van der Waals surface area contributed by atoms with Crippen molar-refractivity contribution in [3.63, 3.8) is 0 Å². The summed E-state index contributed by atoms with van der Waals surface area (Å²) >= 11 is 0. The lowest BCUT2D eigenvalue weighted by atomic mass is 10.1. The van der Waals surface area contributed by atoms with Crippen LogP contribution >= 0.6 is 0 Å². The molecule has 34 heavy (non-hydrogen) atoms. The van der Waals surface area contributed by atoms with Crippen LogP contribution in [0.4, 0.5) is 38.0 Å². The lowest BCUT2D eigenvalue weighted by molar-refractivity contribution is -0.138. The lowest BCUT2D eigenvalue weighted by Gasteiger charge is -2.13. The van der Waals surface area contributed by atoms with Gasteiger partial charge in [0, 0.05) is 23.9 Å². The number of anilines is 2. The summed E-state index contributed by atoms with van der Waals surface area (Å²) in [6, 6.07) is 16.9. The molecule has 0 spiro atoms. The Bertz CT molecular complexity index is 1170. The van der Waals surface area contributed by atoms with Crippen molar-refractivity contribution < 1.29 is 26.3 Å². The third-order valence-electron chi connectivity index (χ3n) is 5.17.